The number of aryl methyl sites for hydroxylation is 2. The van der Waals surface area contributed by atoms with Crippen LogP contribution in [0.25, 0.3) is 0 Å². The average molecular weight is 254 g/mol. The van der Waals surface area contributed by atoms with Gasteiger partial charge in [-0.15, -0.1) is 0 Å². The van der Waals surface area contributed by atoms with Gasteiger partial charge in [-0.1, -0.05) is 42.0 Å². The topological polar surface area (TPSA) is 24.7 Å². The summed E-state index contributed by atoms with van der Waals surface area (Å²) in [7, 11) is 0. The van der Waals surface area contributed by atoms with Crippen LogP contribution in [-0.4, -0.2) is 12.4 Å². The first kappa shape index (κ1) is 13.1. The lowest BCUT2D eigenvalue weighted by Crippen LogP contribution is -1.88. The molecule has 0 N–H and O–H groups in total. The second-order valence-corrected chi connectivity index (χ2v) is 4.42. The molecule has 96 valence electrons. The molecule has 0 saturated heterocycles. The second kappa shape index (κ2) is 6.05. The molecular formula is C16H15FN2. The number of nitrogens with zero attached hydrogens (tertiary/aromatic N) is 2. The molecule has 0 aromatic heterocycles. The molecule has 2 nitrogen and oxygen atoms in total. The monoisotopic (exact) mass is 254 g/mol. The van der Waals surface area contributed by atoms with E-state index >= 15 is 0 Å². The van der Waals surface area contributed by atoms with E-state index in [9.17, 15) is 4.39 Å². The van der Waals surface area contributed by atoms with Crippen LogP contribution in [-0.2, 0) is 0 Å². The van der Waals surface area contributed by atoms with Crippen molar-refractivity contribution < 1.29 is 4.39 Å². The van der Waals surface area contributed by atoms with Gasteiger partial charge in [-0.05, 0) is 31.0 Å². The van der Waals surface area contributed by atoms with E-state index in [0.29, 0.717) is 5.56 Å². The van der Waals surface area contributed by atoms with Gasteiger partial charge in [-0.3, -0.25) is 0 Å². The first-order valence-corrected chi connectivity index (χ1v) is 6.04. The lowest BCUT2D eigenvalue weighted by molar-refractivity contribution is 0.624. The molecule has 0 fully saturated rings. The largest absolute Gasteiger partial charge is 0.206 e. The minimum Gasteiger partial charge on any atom is -0.206 e. The standard InChI is InChI=1S/C16H15FN2/c1-12-3-6-14(7-4-12)10-18-19-11-15-8-5-13(2)9-16(15)17/h3-11H,1-2H3. The van der Waals surface area contributed by atoms with Gasteiger partial charge in [-0.25, -0.2) is 4.39 Å². The molecule has 0 aliphatic rings. The summed E-state index contributed by atoms with van der Waals surface area (Å²) in [5.74, 6) is -0.283. The lowest BCUT2D eigenvalue weighted by atomic mass is 10.1. The lowest BCUT2D eigenvalue weighted by Gasteiger charge is -1.96. The van der Waals surface area contributed by atoms with Gasteiger partial charge >= 0.3 is 0 Å². The average Bonchev–Trinajstić information content (AvgIpc) is 2.39. The number of benzene rings is 2. The van der Waals surface area contributed by atoms with Gasteiger partial charge < -0.3 is 0 Å². The van der Waals surface area contributed by atoms with Crippen LogP contribution in [0.5, 0.6) is 0 Å². The molecule has 2 aromatic carbocycles. The summed E-state index contributed by atoms with van der Waals surface area (Å²) in [4.78, 5) is 0. The van der Waals surface area contributed by atoms with Crippen LogP contribution >= 0.6 is 0 Å². The zero-order chi connectivity index (χ0) is 13.7. The van der Waals surface area contributed by atoms with E-state index in [1.165, 1.54) is 17.8 Å². The molecule has 19 heavy (non-hydrogen) atoms. The van der Waals surface area contributed by atoms with Crippen LogP contribution in [0, 0.1) is 19.7 Å². The third-order valence-corrected chi connectivity index (χ3v) is 2.70. The Balaban J connectivity index is 2.05. The minimum absolute atomic E-state index is 0.283. The van der Waals surface area contributed by atoms with Crippen molar-refractivity contribution in [2.45, 2.75) is 13.8 Å². The normalized spacial score (nSPS) is 11.5. The highest BCUT2D eigenvalue weighted by molar-refractivity contribution is 5.82. The van der Waals surface area contributed by atoms with E-state index < -0.39 is 0 Å². The molecule has 0 spiro atoms. The van der Waals surface area contributed by atoms with Crippen LogP contribution in [0.1, 0.15) is 22.3 Å². The maximum absolute atomic E-state index is 13.5. The summed E-state index contributed by atoms with van der Waals surface area (Å²) in [6, 6.07) is 12.9. The maximum Gasteiger partial charge on any atom is 0.132 e. The smallest absolute Gasteiger partial charge is 0.132 e. The van der Waals surface area contributed by atoms with Crippen molar-refractivity contribution in [1.82, 2.24) is 0 Å². The molecule has 0 amide bonds. The van der Waals surface area contributed by atoms with Crippen molar-refractivity contribution >= 4 is 12.4 Å². The molecule has 0 radical (unpaired) electrons. The van der Waals surface area contributed by atoms with E-state index in [-0.39, 0.29) is 5.82 Å². The van der Waals surface area contributed by atoms with E-state index in [4.69, 9.17) is 0 Å². The van der Waals surface area contributed by atoms with Gasteiger partial charge in [0, 0.05) is 5.56 Å². The van der Waals surface area contributed by atoms with E-state index in [2.05, 4.69) is 10.2 Å². The van der Waals surface area contributed by atoms with E-state index in [1.54, 1.807) is 12.3 Å². The molecule has 0 aliphatic heterocycles. The fourth-order valence-corrected chi connectivity index (χ4v) is 1.58. The van der Waals surface area contributed by atoms with Crippen LogP contribution in [0.2, 0.25) is 0 Å². The Hall–Kier alpha value is -2.29. The number of hydrogen-bond donors (Lipinski definition) is 0. The summed E-state index contributed by atoms with van der Waals surface area (Å²) in [5.41, 5.74) is 3.49. The number of halogens is 1. The summed E-state index contributed by atoms with van der Waals surface area (Å²) >= 11 is 0. The quantitative estimate of drug-likeness (QED) is 0.586. The highest BCUT2D eigenvalue weighted by Crippen LogP contribution is 2.07. The van der Waals surface area contributed by atoms with E-state index in [1.807, 2.05) is 44.2 Å². The molecular weight excluding hydrogens is 239 g/mol. The fourth-order valence-electron chi connectivity index (χ4n) is 1.58. The van der Waals surface area contributed by atoms with Crippen LogP contribution < -0.4 is 0 Å². The SMILES string of the molecule is Cc1ccc(C=NN=Cc2ccc(C)cc2F)cc1. The molecule has 0 heterocycles. The molecule has 0 atom stereocenters. The van der Waals surface area contributed by atoms with Gasteiger partial charge in [-0.2, -0.15) is 10.2 Å². The summed E-state index contributed by atoms with van der Waals surface area (Å²) in [6.45, 7) is 3.87. The zero-order valence-corrected chi connectivity index (χ0v) is 11.0. The Morgan fingerprint density at radius 2 is 1.47 bits per heavy atom. The molecule has 0 aliphatic carbocycles. The Labute approximate surface area is 112 Å². The van der Waals surface area contributed by atoms with Gasteiger partial charge in [0.25, 0.3) is 0 Å². The second-order valence-electron chi connectivity index (χ2n) is 4.42. The first-order chi connectivity index (χ1) is 9.15. The van der Waals surface area contributed by atoms with Gasteiger partial charge in [0.2, 0.25) is 0 Å². The van der Waals surface area contributed by atoms with Crippen LogP contribution in [0.4, 0.5) is 4.39 Å². The molecule has 0 unspecified atom stereocenters. The minimum atomic E-state index is -0.283. The van der Waals surface area contributed by atoms with Crippen LogP contribution in [0.3, 0.4) is 0 Å². The fraction of sp³-hybridized carbons (Fsp3) is 0.125. The third-order valence-electron chi connectivity index (χ3n) is 2.70. The number of rotatable bonds is 3. The first-order valence-electron chi connectivity index (χ1n) is 6.04. The molecule has 3 heteroatoms. The summed E-state index contributed by atoms with van der Waals surface area (Å²) < 4.78 is 13.5. The third kappa shape index (κ3) is 3.85. The summed E-state index contributed by atoms with van der Waals surface area (Å²) in [6.07, 6.45) is 3.06. The molecule has 0 bridgehead atoms. The van der Waals surface area contributed by atoms with Crippen molar-refractivity contribution in [1.29, 1.82) is 0 Å². The Morgan fingerprint density at radius 3 is 2.16 bits per heavy atom. The Bertz CT molecular complexity index is 613. The van der Waals surface area contributed by atoms with Gasteiger partial charge in [0.1, 0.15) is 5.82 Å². The summed E-state index contributed by atoms with van der Waals surface area (Å²) in [5, 5.41) is 7.76. The Morgan fingerprint density at radius 1 is 0.842 bits per heavy atom. The zero-order valence-electron chi connectivity index (χ0n) is 11.0. The van der Waals surface area contributed by atoms with Crippen molar-refractivity contribution in [2.75, 3.05) is 0 Å². The van der Waals surface area contributed by atoms with E-state index in [0.717, 1.165) is 11.1 Å². The van der Waals surface area contributed by atoms with Crippen molar-refractivity contribution in [3.05, 3.63) is 70.5 Å². The highest BCUT2D eigenvalue weighted by atomic mass is 19.1. The van der Waals surface area contributed by atoms with Crippen molar-refractivity contribution in [3.63, 3.8) is 0 Å². The Kier molecular flexibility index (Phi) is 4.18. The molecule has 2 rings (SSSR count). The predicted molar refractivity (Wildman–Crippen MR) is 77.5 cm³/mol. The molecule has 2 aromatic rings. The van der Waals surface area contributed by atoms with Crippen molar-refractivity contribution in [2.24, 2.45) is 10.2 Å². The van der Waals surface area contributed by atoms with Gasteiger partial charge in [0.05, 0.1) is 12.4 Å². The van der Waals surface area contributed by atoms with Crippen molar-refractivity contribution in [3.8, 4) is 0 Å². The van der Waals surface area contributed by atoms with Gasteiger partial charge in [0.15, 0.2) is 0 Å². The number of hydrogen-bond acceptors (Lipinski definition) is 2. The van der Waals surface area contributed by atoms with Crippen LogP contribution in [0.15, 0.2) is 52.7 Å². The predicted octanol–water partition coefficient (Wildman–Crippen LogP) is 3.90. The maximum atomic E-state index is 13.5. The highest BCUT2D eigenvalue weighted by Gasteiger charge is 1.97. The molecule has 0 saturated carbocycles.